The average molecular weight is 408 g/mol. The smallest absolute Gasteiger partial charge is 0.249 e. The Hall–Kier alpha value is -2.86. The number of carbonyl (C=O) groups excluding carboxylic acids is 1. The van der Waals surface area contributed by atoms with Gasteiger partial charge in [0.2, 0.25) is 5.91 Å². The monoisotopic (exact) mass is 407 g/mol. The molecule has 6 heteroatoms. The lowest BCUT2D eigenvalue weighted by molar-refractivity contribution is -0.130. The third kappa shape index (κ3) is 4.82. The van der Waals surface area contributed by atoms with E-state index in [0.717, 1.165) is 60.4 Å². The van der Waals surface area contributed by atoms with Gasteiger partial charge in [-0.1, -0.05) is 30.3 Å². The van der Waals surface area contributed by atoms with E-state index >= 15 is 0 Å². The fourth-order valence-corrected chi connectivity index (χ4v) is 3.85. The molecular formula is C24H29N3O3. The zero-order chi connectivity index (χ0) is 20.8. The standard InChI is InChI=1S/C24H29N3O3/c1-18-9-2-5-12-21(18)29-15-7-6-14-27-20-11-4-3-10-19(20)26-23(27)17-25-24(28)22-13-8-16-30-22/h2-5,9-12,22H,6-8,13-17H2,1H3,(H,25,28). The summed E-state index contributed by atoms with van der Waals surface area (Å²) in [5.74, 6) is 1.78. The number of amides is 1. The fourth-order valence-electron chi connectivity index (χ4n) is 3.85. The van der Waals surface area contributed by atoms with Crippen molar-refractivity contribution < 1.29 is 14.3 Å². The molecular weight excluding hydrogens is 378 g/mol. The molecule has 0 saturated carbocycles. The quantitative estimate of drug-likeness (QED) is 0.545. The number of imidazole rings is 1. The number of carbonyl (C=O) groups is 1. The van der Waals surface area contributed by atoms with Crippen LogP contribution in [0.2, 0.25) is 0 Å². The number of nitrogens with zero attached hydrogens (tertiary/aromatic N) is 2. The van der Waals surface area contributed by atoms with Crippen LogP contribution in [0.5, 0.6) is 5.75 Å². The Labute approximate surface area is 177 Å². The summed E-state index contributed by atoms with van der Waals surface area (Å²) in [5.41, 5.74) is 3.20. The van der Waals surface area contributed by atoms with Gasteiger partial charge >= 0.3 is 0 Å². The Morgan fingerprint density at radius 3 is 2.87 bits per heavy atom. The highest BCUT2D eigenvalue weighted by Crippen LogP contribution is 2.19. The molecule has 2 heterocycles. The first-order valence-electron chi connectivity index (χ1n) is 10.7. The SMILES string of the molecule is Cc1ccccc1OCCCCn1c(CNC(=O)C2CCCO2)nc2ccccc21. The van der Waals surface area contributed by atoms with Crippen LogP contribution < -0.4 is 10.1 Å². The van der Waals surface area contributed by atoms with Gasteiger partial charge in [0, 0.05) is 13.2 Å². The van der Waals surface area contributed by atoms with E-state index in [1.54, 1.807) is 0 Å². The topological polar surface area (TPSA) is 65.4 Å². The molecule has 1 amide bonds. The Kier molecular flexibility index (Phi) is 6.64. The minimum absolute atomic E-state index is 0.0438. The van der Waals surface area contributed by atoms with Gasteiger partial charge in [-0.15, -0.1) is 0 Å². The molecule has 30 heavy (non-hydrogen) atoms. The van der Waals surface area contributed by atoms with Crippen molar-refractivity contribution in [1.82, 2.24) is 14.9 Å². The van der Waals surface area contributed by atoms with Crippen molar-refractivity contribution in [1.29, 1.82) is 0 Å². The number of nitrogens with one attached hydrogen (secondary N) is 1. The van der Waals surface area contributed by atoms with E-state index in [1.807, 2.05) is 36.4 Å². The van der Waals surface area contributed by atoms with Crippen molar-refractivity contribution in [2.24, 2.45) is 0 Å². The number of unbranched alkanes of at least 4 members (excludes halogenated alkanes) is 1. The second-order valence-electron chi connectivity index (χ2n) is 7.71. The zero-order valence-corrected chi connectivity index (χ0v) is 17.5. The first-order valence-corrected chi connectivity index (χ1v) is 10.7. The van der Waals surface area contributed by atoms with Crippen LogP contribution in [-0.4, -0.2) is 34.8 Å². The maximum absolute atomic E-state index is 12.3. The largest absolute Gasteiger partial charge is 0.493 e. The number of hydrogen-bond donors (Lipinski definition) is 1. The molecule has 0 aliphatic carbocycles. The molecule has 1 aliphatic heterocycles. The number of fused-ring (bicyclic) bond motifs is 1. The van der Waals surface area contributed by atoms with Crippen LogP contribution in [0.15, 0.2) is 48.5 Å². The highest BCUT2D eigenvalue weighted by atomic mass is 16.5. The Bertz CT molecular complexity index is 992. The number of para-hydroxylation sites is 3. The fraction of sp³-hybridized carbons (Fsp3) is 0.417. The number of hydrogen-bond acceptors (Lipinski definition) is 4. The minimum Gasteiger partial charge on any atom is -0.493 e. The second kappa shape index (κ2) is 9.76. The van der Waals surface area contributed by atoms with E-state index < -0.39 is 0 Å². The summed E-state index contributed by atoms with van der Waals surface area (Å²) in [6, 6.07) is 16.2. The van der Waals surface area contributed by atoms with Crippen molar-refractivity contribution in [2.75, 3.05) is 13.2 Å². The van der Waals surface area contributed by atoms with E-state index in [0.29, 0.717) is 19.8 Å². The molecule has 1 fully saturated rings. The van der Waals surface area contributed by atoms with Crippen molar-refractivity contribution in [2.45, 2.75) is 51.8 Å². The lowest BCUT2D eigenvalue weighted by Gasteiger charge is -2.13. The van der Waals surface area contributed by atoms with Gasteiger partial charge in [0.1, 0.15) is 17.7 Å². The van der Waals surface area contributed by atoms with Gasteiger partial charge in [0.25, 0.3) is 0 Å². The number of aryl methyl sites for hydroxylation is 2. The predicted molar refractivity (Wildman–Crippen MR) is 116 cm³/mol. The van der Waals surface area contributed by atoms with E-state index in [2.05, 4.69) is 28.9 Å². The van der Waals surface area contributed by atoms with Gasteiger partial charge in [-0.05, 0) is 56.4 Å². The van der Waals surface area contributed by atoms with Crippen molar-refractivity contribution in [3.8, 4) is 5.75 Å². The molecule has 2 aromatic carbocycles. The lowest BCUT2D eigenvalue weighted by Crippen LogP contribution is -2.34. The summed E-state index contributed by atoms with van der Waals surface area (Å²) in [4.78, 5) is 17.1. The first-order chi connectivity index (χ1) is 14.7. The van der Waals surface area contributed by atoms with Crippen LogP contribution in [0, 0.1) is 6.92 Å². The number of rotatable bonds is 9. The van der Waals surface area contributed by atoms with Crippen molar-refractivity contribution >= 4 is 16.9 Å². The molecule has 1 N–H and O–H groups in total. The van der Waals surface area contributed by atoms with Gasteiger partial charge in [-0.2, -0.15) is 0 Å². The van der Waals surface area contributed by atoms with Crippen LogP contribution in [0.3, 0.4) is 0 Å². The highest BCUT2D eigenvalue weighted by Gasteiger charge is 2.23. The molecule has 6 nitrogen and oxygen atoms in total. The minimum atomic E-state index is -0.318. The molecule has 0 bridgehead atoms. The first kappa shape index (κ1) is 20.4. The molecule has 1 saturated heterocycles. The molecule has 3 aromatic rings. The van der Waals surface area contributed by atoms with Crippen LogP contribution in [0.25, 0.3) is 11.0 Å². The summed E-state index contributed by atoms with van der Waals surface area (Å²) in [6.07, 6.45) is 3.34. The molecule has 1 aromatic heterocycles. The highest BCUT2D eigenvalue weighted by molar-refractivity contribution is 5.81. The molecule has 1 atom stereocenters. The predicted octanol–water partition coefficient (Wildman–Crippen LogP) is 4.00. The summed E-state index contributed by atoms with van der Waals surface area (Å²) in [6.45, 7) is 4.66. The van der Waals surface area contributed by atoms with Crippen LogP contribution in [-0.2, 0) is 22.6 Å². The number of benzene rings is 2. The molecule has 4 rings (SSSR count). The van der Waals surface area contributed by atoms with E-state index in [9.17, 15) is 4.79 Å². The summed E-state index contributed by atoms with van der Waals surface area (Å²) in [5, 5.41) is 3.00. The normalized spacial score (nSPS) is 16.1. The van der Waals surface area contributed by atoms with Crippen molar-refractivity contribution in [3.05, 3.63) is 59.9 Å². The van der Waals surface area contributed by atoms with Crippen LogP contribution in [0.4, 0.5) is 0 Å². The van der Waals surface area contributed by atoms with Gasteiger partial charge in [-0.3, -0.25) is 4.79 Å². The Morgan fingerprint density at radius 1 is 1.20 bits per heavy atom. The summed E-state index contributed by atoms with van der Waals surface area (Å²) >= 11 is 0. The molecule has 0 radical (unpaired) electrons. The zero-order valence-electron chi connectivity index (χ0n) is 17.5. The molecule has 158 valence electrons. The third-order valence-electron chi connectivity index (χ3n) is 5.50. The molecule has 1 unspecified atom stereocenters. The van der Waals surface area contributed by atoms with Gasteiger partial charge in [-0.25, -0.2) is 4.98 Å². The summed E-state index contributed by atoms with van der Waals surface area (Å²) in [7, 11) is 0. The Balaban J connectivity index is 1.35. The molecule has 0 spiro atoms. The van der Waals surface area contributed by atoms with Crippen LogP contribution >= 0.6 is 0 Å². The summed E-state index contributed by atoms with van der Waals surface area (Å²) < 4.78 is 13.6. The van der Waals surface area contributed by atoms with Gasteiger partial charge < -0.3 is 19.4 Å². The second-order valence-corrected chi connectivity index (χ2v) is 7.71. The van der Waals surface area contributed by atoms with Gasteiger partial charge in [0.15, 0.2) is 0 Å². The lowest BCUT2D eigenvalue weighted by atomic mass is 10.2. The van der Waals surface area contributed by atoms with Gasteiger partial charge in [0.05, 0.1) is 24.2 Å². The number of aromatic nitrogens is 2. The Morgan fingerprint density at radius 2 is 2.03 bits per heavy atom. The van der Waals surface area contributed by atoms with Crippen LogP contribution in [0.1, 0.15) is 37.1 Å². The van der Waals surface area contributed by atoms with E-state index in [4.69, 9.17) is 14.5 Å². The average Bonchev–Trinajstić information content (AvgIpc) is 3.41. The number of ether oxygens (including phenoxy) is 2. The third-order valence-corrected chi connectivity index (χ3v) is 5.50. The van der Waals surface area contributed by atoms with Crippen molar-refractivity contribution in [3.63, 3.8) is 0 Å². The molecule has 1 aliphatic rings. The maximum Gasteiger partial charge on any atom is 0.249 e. The van der Waals surface area contributed by atoms with E-state index in [1.165, 1.54) is 0 Å². The maximum atomic E-state index is 12.3. The van der Waals surface area contributed by atoms with E-state index in [-0.39, 0.29) is 12.0 Å².